The molecule has 6 heteroatoms. The van der Waals surface area contributed by atoms with E-state index in [0.717, 1.165) is 0 Å². The van der Waals surface area contributed by atoms with Gasteiger partial charge in [0.15, 0.2) is 0 Å². The number of benzene rings is 1. The minimum absolute atomic E-state index is 0.133. The Labute approximate surface area is 110 Å². The molecule has 0 aromatic heterocycles. The highest BCUT2D eigenvalue weighted by atomic mass is 79.9. The number of nitrogens with one attached hydrogen (secondary N) is 1. The van der Waals surface area contributed by atoms with Gasteiger partial charge in [-0.2, -0.15) is 0 Å². The van der Waals surface area contributed by atoms with Crippen LogP contribution in [-0.2, 0) is 10.8 Å². The second-order valence-corrected chi connectivity index (χ2v) is 6.22. The monoisotopic (exact) mass is 321 g/mol. The molecule has 0 saturated carbocycles. The SMILES string of the molecule is CC(CNC(=O)c1cccc(F)c1Br)S(C)=O. The van der Waals surface area contributed by atoms with E-state index >= 15 is 0 Å². The summed E-state index contributed by atoms with van der Waals surface area (Å²) < 4.78 is 24.4. The van der Waals surface area contributed by atoms with E-state index in [1.165, 1.54) is 18.2 Å². The Hall–Kier alpha value is -0.750. The van der Waals surface area contributed by atoms with Crippen molar-refractivity contribution in [3.8, 4) is 0 Å². The van der Waals surface area contributed by atoms with E-state index in [4.69, 9.17) is 0 Å². The van der Waals surface area contributed by atoms with Crippen LogP contribution >= 0.6 is 15.9 Å². The highest BCUT2D eigenvalue weighted by Gasteiger charge is 2.14. The van der Waals surface area contributed by atoms with E-state index in [1.54, 1.807) is 13.2 Å². The van der Waals surface area contributed by atoms with Crippen LogP contribution in [0, 0.1) is 5.82 Å². The van der Waals surface area contributed by atoms with Crippen molar-refractivity contribution in [1.29, 1.82) is 0 Å². The standard InChI is InChI=1S/C11H13BrFNO2S/c1-7(17(2)16)6-14-11(15)8-4-3-5-9(13)10(8)12/h3-5,7H,6H2,1-2H3,(H,14,15). The lowest BCUT2D eigenvalue weighted by atomic mass is 10.2. The molecule has 1 aromatic carbocycles. The van der Waals surface area contributed by atoms with Crippen LogP contribution in [0.25, 0.3) is 0 Å². The van der Waals surface area contributed by atoms with Gasteiger partial charge in [0.2, 0.25) is 0 Å². The average molecular weight is 322 g/mol. The van der Waals surface area contributed by atoms with Crippen molar-refractivity contribution in [3.63, 3.8) is 0 Å². The first-order chi connectivity index (χ1) is 7.93. The van der Waals surface area contributed by atoms with Gasteiger partial charge in [-0.25, -0.2) is 4.39 Å². The Kier molecular flexibility index (Phi) is 5.27. The van der Waals surface area contributed by atoms with E-state index < -0.39 is 16.6 Å². The van der Waals surface area contributed by atoms with Crippen LogP contribution in [0.15, 0.2) is 22.7 Å². The molecule has 0 aliphatic carbocycles. The zero-order valence-corrected chi connectivity index (χ0v) is 11.9. The maximum atomic E-state index is 13.2. The fraction of sp³-hybridized carbons (Fsp3) is 0.364. The third-order valence-corrected chi connectivity index (χ3v) is 4.42. The van der Waals surface area contributed by atoms with Crippen molar-refractivity contribution in [2.24, 2.45) is 0 Å². The lowest BCUT2D eigenvalue weighted by Gasteiger charge is -2.10. The van der Waals surface area contributed by atoms with E-state index in [2.05, 4.69) is 21.2 Å². The Morgan fingerprint density at radius 3 is 2.82 bits per heavy atom. The van der Waals surface area contributed by atoms with Crippen molar-refractivity contribution >= 4 is 32.6 Å². The number of halogens is 2. The summed E-state index contributed by atoms with van der Waals surface area (Å²) in [7, 11) is -0.993. The van der Waals surface area contributed by atoms with E-state index in [1.807, 2.05) is 0 Å². The largest absolute Gasteiger partial charge is 0.351 e. The molecule has 1 rings (SSSR count). The highest BCUT2D eigenvalue weighted by molar-refractivity contribution is 9.10. The summed E-state index contributed by atoms with van der Waals surface area (Å²) in [5.41, 5.74) is 0.235. The van der Waals surface area contributed by atoms with Crippen molar-refractivity contribution < 1.29 is 13.4 Å². The molecule has 0 heterocycles. The highest BCUT2D eigenvalue weighted by Crippen LogP contribution is 2.20. The molecule has 0 saturated heterocycles. The van der Waals surface area contributed by atoms with Gasteiger partial charge in [0.25, 0.3) is 5.91 Å². The summed E-state index contributed by atoms with van der Waals surface area (Å²) in [5.74, 6) is -0.863. The summed E-state index contributed by atoms with van der Waals surface area (Å²) in [6.07, 6.45) is 1.58. The molecule has 2 atom stereocenters. The molecule has 17 heavy (non-hydrogen) atoms. The number of carbonyl (C=O) groups is 1. The fourth-order valence-corrected chi connectivity index (χ4v) is 1.89. The minimum Gasteiger partial charge on any atom is -0.351 e. The van der Waals surface area contributed by atoms with E-state index in [9.17, 15) is 13.4 Å². The molecule has 0 bridgehead atoms. The Bertz CT molecular complexity index is 453. The van der Waals surface area contributed by atoms with Crippen molar-refractivity contribution in [3.05, 3.63) is 34.1 Å². The number of amides is 1. The average Bonchev–Trinajstić information content (AvgIpc) is 2.29. The van der Waals surface area contributed by atoms with Crippen LogP contribution in [0.5, 0.6) is 0 Å². The number of rotatable bonds is 4. The maximum Gasteiger partial charge on any atom is 0.252 e. The smallest absolute Gasteiger partial charge is 0.252 e. The van der Waals surface area contributed by atoms with Crippen LogP contribution in [0.3, 0.4) is 0 Å². The number of hydrogen-bond donors (Lipinski definition) is 1. The molecule has 1 N–H and O–H groups in total. The number of carbonyl (C=O) groups excluding carboxylic acids is 1. The molecule has 0 radical (unpaired) electrons. The van der Waals surface area contributed by atoms with Crippen LogP contribution in [0.2, 0.25) is 0 Å². The van der Waals surface area contributed by atoms with Crippen LogP contribution in [0.4, 0.5) is 4.39 Å². The van der Waals surface area contributed by atoms with Crippen LogP contribution < -0.4 is 5.32 Å². The zero-order valence-electron chi connectivity index (χ0n) is 9.50. The number of hydrogen-bond acceptors (Lipinski definition) is 2. The third-order valence-electron chi connectivity index (χ3n) is 2.31. The summed E-state index contributed by atoms with van der Waals surface area (Å²) >= 11 is 3.02. The summed E-state index contributed by atoms with van der Waals surface area (Å²) in [6.45, 7) is 2.07. The Balaban J connectivity index is 2.71. The predicted octanol–water partition coefficient (Wildman–Crippen LogP) is 2.08. The van der Waals surface area contributed by atoms with Gasteiger partial charge >= 0.3 is 0 Å². The lowest BCUT2D eigenvalue weighted by Crippen LogP contribution is -2.32. The summed E-state index contributed by atoms with van der Waals surface area (Å²) in [5, 5.41) is 2.49. The zero-order chi connectivity index (χ0) is 13.0. The van der Waals surface area contributed by atoms with E-state index in [-0.39, 0.29) is 21.2 Å². The molecule has 2 unspecified atom stereocenters. The summed E-state index contributed by atoms with van der Waals surface area (Å²) in [4.78, 5) is 11.7. The quantitative estimate of drug-likeness (QED) is 0.923. The van der Waals surface area contributed by atoms with Crippen molar-refractivity contribution in [1.82, 2.24) is 5.32 Å². The topological polar surface area (TPSA) is 46.2 Å². The maximum absolute atomic E-state index is 13.2. The van der Waals surface area contributed by atoms with Gasteiger partial charge in [0, 0.05) is 28.9 Å². The molecule has 0 aliphatic heterocycles. The van der Waals surface area contributed by atoms with Crippen molar-refractivity contribution in [2.75, 3.05) is 12.8 Å². The Morgan fingerprint density at radius 1 is 1.59 bits per heavy atom. The molecule has 3 nitrogen and oxygen atoms in total. The van der Waals surface area contributed by atoms with Gasteiger partial charge in [-0.1, -0.05) is 6.07 Å². The second-order valence-electron chi connectivity index (χ2n) is 3.62. The van der Waals surface area contributed by atoms with Gasteiger partial charge in [0.05, 0.1) is 10.0 Å². The van der Waals surface area contributed by atoms with Crippen LogP contribution in [0.1, 0.15) is 17.3 Å². The molecular weight excluding hydrogens is 309 g/mol. The predicted molar refractivity (Wildman–Crippen MR) is 70.0 cm³/mol. The fourth-order valence-electron chi connectivity index (χ4n) is 1.13. The minimum atomic E-state index is -0.993. The molecule has 1 aromatic rings. The van der Waals surface area contributed by atoms with Gasteiger partial charge in [-0.15, -0.1) is 0 Å². The normalized spacial score (nSPS) is 14.1. The molecule has 94 valence electrons. The molecule has 1 amide bonds. The first-order valence-corrected chi connectivity index (χ1v) is 7.39. The van der Waals surface area contributed by atoms with Crippen LogP contribution in [-0.4, -0.2) is 28.2 Å². The second kappa shape index (κ2) is 6.26. The summed E-state index contributed by atoms with van der Waals surface area (Å²) in [6, 6.07) is 4.26. The molecular formula is C11H13BrFNO2S. The van der Waals surface area contributed by atoms with Gasteiger partial charge in [0.1, 0.15) is 5.82 Å². The van der Waals surface area contributed by atoms with E-state index in [0.29, 0.717) is 6.54 Å². The first-order valence-electron chi connectivity index (χ1n) is 4.98. The lowest BCUT2D eigenvalue weighted by molar-refractivity contribution is 0.0953. The molecule has 0 fully saturated rings. The third kappa shape index (κ3) is 3.89. The first kappa shape index (κ1) is 14.3. The van der Waals surface area contributed by atoms with Gasteiger partial charge in [-0.05, 0) is 35.0 Å². The molecule has 0 spiro atoms. The Morgan fingerprint density at radius 2 is 2.24 bits per heavy atom. The van der Waals surface area contributed by atoms with Gasteiger partial charge in [-0.3, -0.25) is 9.00 Å². The molecule has 0 aliphatic rings. The van der Waals surface area contributed by atoms with Gasteiger partial charge < -0.3 is 5.32 Å². The van der Waals surface area contributed by atoms with Crippen molar-refractivity contribution in [2.45, 2.75) is 12.2 Å².